The Labute approximate surface area is 167 Å². The van der Waals surface area contributed by atoms with Crippen LogP contribution in [0.2, 0.25) is 0 Å². The Kier molecular flexibility index (Phi) is 3.62. The first-order chi connectivity index (χ1) is 14.2. The van der Waals surface area contributed by atoms with E-state index >= 15 is 0 Å². The van der Waals surface area contributed by atoms with Gasteiger partial charge in [-0.15, -0.1) is 0 Å². The maximum Gasteiger partial charge on any atom is 0.140 e. The normalized spacial score (nSPS) is 16.2. The van der Waals surface area contributed by atoms with Gasteiger partial charge < -0.3 is 4.90 Å². The Morgan fingerprint density at radius 1 is 1.00 bits per heavy atom. The van der Waals surface area contributed by atoms with Gasteiger partial charge in [-0.2, -0.15) is 5.10 Å². The minimum atomic E-state index is -0.275. The SMILES string of the molecule is Fc1ccc2ncnc(N3CCc4ncc(-c5cnn(C6CC6)c5)cc4C3)c2c1. The first-order valence-corrected chi connectivity index (χ1v) is 9.92. The van der Waals surface area contributed by atoms with Crippen molar-refractivity contribution in [2.24, 2.45) is 0 Å². The van der Waals surface area contributed by atoms with Gasteiger partial charge in [0, 0.05) is 54.1 Å². The third-order valence-corrected chi connectivity index (χ3v) is 5.77. The molecule has 3 aromatic heterocycles. The molecule has 1 fully saturated rings. The van der Waals surface area contributed by atoms with Crippen molar-refractivity contribution in [2.45, 2.75) is 31.8 Å². The van der Waals surface area contributed by atoms with E-state index in [0.29, 0.717) is 12.6 Å². The van der Waals surface area contributed by atoms with E-state index < -0.39 is 0 Å². The van der Waals surface area contributed by atoms with Crippen molar-refractivity contribution in [1.82, 2.24) is 24.7 Å². The van der Waals surface area contributed by atoms with Crippen molar-refractivity contribution in [3.8, 4) is 11.1 Å². The van der Waals surface area contributed by atoms with Gasteiger partial charge in [-0.05, 0) is 42.7 Å². The molecule has 0 amide bonds. The van der Waals surface area contributed by atoms with Crippen LogP contribution in [0.4, 0.5) is 10.2 Å². The Morgan fingerprint density at radius 2 is 1.93 bits per heavy atom. The zero-order valence-corrected chi connectivity index (χ0v) is 15.8. The largest absolute Gasteiger partial charge is 0.351 e. The highest BCUT2D eigenvalue weighted by atomic mass is 19.1. The number of nitrogens with zero attached hydrogens (tertiary/aromatic N) is 6. The molecule has 2 aliphatic rings. The molecule has 0 radical (unpaired) electrons. The number of hydrogen-bond donors (Lipinski definition) is 0. The third kappa shape index (κ3) is 2.93. The van der Waals surface area contributed by atoms with Gasteiger partial charge in [0.05, 0.1) is 17.8 Å². The quantitative estimate of drug-likeness (QED) is 0.534. The Bertz CT molecular complexity index is 1230. The number of benzene rings is 1. The van der Waals surface area contributed by atoms with Crippen LogP contribution in [-0.4, -0.2) is 31.3 Å². The van der Waals surface area contributed by atoms with E-state index in [9.17, 15) is 4.39 Å². The number of halogens is 1. The lowest BCUT2D eigenvalue weighted by Gasteiger charge is -2.30. The Hall–Kier alpha value is -3.35. The second-order valence-corrected chi connectivity index (χ2v) is 7.80. The smallest absolute Gasteiger partial charge is 0.140 e. The summed E-state index contributed by atoms with van der Waals surface area (Å²) in [5, 5.41) is 5.24. The summed E-state index contributed by atoms with van der Waals surface area (Å²) in [5.41, 5.74) is 5.22. The molecule has 0 spiro atoms. The summed E-state index contributed by atoms with van der Waals surface area (Å²) in [6.07, 6.45) is 10.8. The van der Waals surface area contributed by atoms with Crippen molar-refractivity contribution in [3.05, 3.63) is 66.3 Å². The highest BCUT2D eigenvalue weighted by Crippen LogP contribution is 2.35. The number of aromatic nitrogens is 5. The fourth-order valence-electron chi connectivity index (χ4n) is 4.06. The van der Waals surface area contributed by atoms with Crippen molar-refractivity contribution in [2.75, 3.05) is 11.4 Å². The van der Waals surface area contributed by atoms with E-state index in [2.05, 4.69) is 36.9 Å². The van der Waals surface area contributed by atoms with Gasteiger partial charge >= 0.3 is 0 Å². The number of rotatable bonds is 3. The summed E-state index contributed by atoms with van der Waals surface area (Å²) in [7, 11) is 0. The van der Waals surface area contributed by atoms with Crippen LogP contribution in [-0.2, 0) is 13.0 Å². The molecule has 6 rings (SSSR count). The van der Waals surface area contributed by atoms with E-state index in [1.165, 1.54) is 30.5 Å². The van der Waals surface area contributed by atoms with Crippen molar-refractivity contribution in [1.29, 1.82) is 0 Å². The molecule has 4 heterocycles. The standard InChI is InChI=1S/C22H19FN6/c23-17-1-4-21-19(8-17)22(26-13-25-21)28-6-5-20-15(11-28)7-14(9-24-20)16-10-27-29(12-16)18-2-3-18/h1,4,7-10,12-13,18H,2-3,5-6,11H2. The van der Waals surface area contributed by atoms with Gasteiger partial charge in [0.15, 0.2) is 0 Å². The molecule has 1 aromatic carbocycles. The molecule has 4 aromatic rings. The summed E-state index contributed by atoms with van der Waals surface area (Å²) in [6, 6.07) is 7.41. The topological polar surface area (TPSA) is 59.7 Å². The summed E-state index contributed by atoms with van der Waals surface area (Å²) < 4.78 is 15.9. The highest BCUT2D eigenvalue weighted by Gasteiger charge is 2.25. The molecule has 0 atom stereocenters. The molecule has 1 aliphatic heterocycles. The maximum absolute atomic E-state index is 13.8. The van der Waals surface area contributed by atoms with Crippen LogP contribution in [0.5, 0.6) is 0 Å². The minimum absolute atomic E-state index is 0.275. The molecule has 0 N–H and O–H groups in total. The molecule has 7 heteroatoms. The van der Waals surface area contributed by atoms with Gasteiger partial charge in [-0.1, -0.05) is 0 Å². The summed E-state index contributed by atoms with van der Waals surface area (Å²) in [6.45, 7) is 1.48. The molecule has 0 unspecified atom stereocenters. The lowest BCUT2D eigenvalue weighted by molar-refractivity contribution is 0.629. The van der Waals surface area contributed by atoms with Gasteiger partial charge in [-0.3, -0.25) is 9.67 Å². The fourth-order valence-corrected chi connectivity index (χ4v) is 4.06. The van der Waals surface area contributed by atoms with Crippen LogP contribution < -0.4 is 4.90 Å². The molecule has 6 nitrogen and oxygen atoms in total. The minimum Gasteiger partial charge on any atom is -0.351 e. The van der Waals surface area contributed by atoms with Gasteiger partial charge in [0.1, 0.15) is 18.0 Å². The number of pyridine rings is 1. The zero-order chi connectivity index (χ0) is 19.4. The molecule has 0 saturated heterocycles. The second-order valence-electron chi connectivity index (χ2n) is 7.80. The van der Waals surface area contributed by atoms with E-state index in [0.717, 1.165) is 46.5 Å². The maximum atomic E-state index is 13.8. The fraction of sp³-hybridized carbons (Fsp3) is 0.273. The predicted molar refractivity (Wildman–Crippen MR) is 108 cm³/mol. The van der Waals surface area contributed by atoms with Gasteiger partial charge in [0.2, 0.25) is 0 Å². The van der Waals surface area contributed by atoms with E-state index in [-0.39, 0.29) is 5.82 Å². The van der Waals surface area contributed by atoms with Crippen molar-refractivity contribution in [3.63, 3.8) is 0 Å². The second kappa shape index (κ2) is 6.34. The van der Waals surface area contributed by atoms with E-state index in [4.69, 9.17) is 4.98 Å². The third-order valence-electron chi connectivity index (χ3n) is 5.77. The number of anilines is 1. The highest BCUT2D eigenvalue weighted by molar-refractivity contribution is 5.89. The van der Waals surface area contributed by atoms with Crippen LogP contribution in [0.3, 0.4) is 0 Å². The zero-order valence-electron chi connectivity index (χ0n) is 15.8. The molecular formula is C22H19FN6. The van der Waals surface area contributed by atoms with Crippen LogP contribution in [0.1, 0.15) is 30.1 Å². The lowest BCUT2D eigenvalue weighted by atomic mass is 10.0. The van der Waals surface area contributed by atoms with Crippen LogP contribution >= 0.6 is 0 Å². The van der Waals surface area contributed by atoms with Crippen molar-refractivity contribution < 1.29 is 4.39 Å². The molecule has 29 heavy (non-hydrogen) atoms. The number of fused-ring (bicyclic) bond motifs is 2. The summed E-state index contributed by atoms with van der Waals surface area (Å²) in [4.78, 5) is 15.6. The molecular weight excluding hydrogens is 367 g/mol. The summed E-state index contributed by atoms with van der Waals surface area (Å²) in [5.74, 6) is 0.495. The average molecular weight is 386 g/mol. The van der Waals surface area contributed by atoms with Gasteiger partial charge in [-0.25, -0.2) is 14.4 Å². The van der Waals surface area contributed by atoms with Crippen LogP contribution in [0.25, 0.3) is 22.0 Å². The monoisotopic (exact) mass is 386 g/mol. The van der Waals surface area contributed by atoms with E-state index in [1.54, 1.807) is 12.4 Å². The Balaban J connectivity index is 1.35. The lowest BCUT2D eigenvalue weighted by Crippen LogP contribution is -2.31. The molecule has 1 saturated carbocycles. The first kappa shape index (κ1) is 16.6. The van der Waals surface area contributed by atoms with Crippen LogP contribution in [0.15, 0.2) is 49.2 Å². The average Bonchev–Trinajstić information content (AvgIpc) is 3.49. The van der Waals surface area contributed by atoms with Gasteiger partial charge in [0.25, 0.3) is 0 Å². The number of hydrogen-bond acceptors (Lipinski definition) is 5. The van der Waals surface area contributed by atoms with E-state index in [1.807, 2.05) is 12.4 Å². The molecule has 0 bridgehead atoms. The predicted octanol–water partition coefficient (Wildman–Crippen LogP) is 3.93. The molecule has 1 aliphatic carbocycles. The molecule has 144 valence electrons. The first-order valence-electron chi connectivity index (χ1n) is 9.92. The van der Waals surface area contributed by atoms with Crippen molar-refractivity contribution >= 4 is 16.7 Å². The van der Waals surface area contributed by atoms with Crippen LogP contribution in [0, 0.1) is 5.82 Å². The summed E-state index contributed by atoms with van der Waals surface area (Å²) >= 11 is 0. The Morgan fingerprint density at radius 3 is 2.83 bits per heavy atom.